The lowest BCUT2D eigenvalue weighted by Crippen LogP contribution is -2.06. The molecule has 0 saturated heterocycles. The lowest BCUT2D eigenvalue weighted by molar-refractivity contribution is -0.134. The molecule has 0 aromatic heterocycles. The third-order valence-electron chi connectivity index (χ3n) is 3.17. The van der Waals surface area contributed by atoms with Gasteiger partial charge in [-0.15, -0.1) is 0 Å². The average molecular weight is 364 g/mol. The standard InChI is InChI=1S/C18H20O6S/c1-3-18(19)23-16-6-4-14(5-7-16)12-13-22-15-8-10-17(11-9-15)24-25(2,20)21/h4-11H,3,12-13H2,1-2H3. The molecule has 0 radical (unpaired) electrons. The molecule has 0 unspecified atom stereocenters. The van der Waals surface area contributed by atoms with Gasteiger partial charge in [0.2, 0.25) is 0 Å². The van der Waals surface area contributed by atoms with Crippen LogP contribution in [0.15, 0.2) is 48.5 Å². The SMILES string of the molecule is CCC(=O)Oc1ccc(CCOc2ccc(OS(C)(=O)=O)cc2)cc1. The van der Waals surface area contributed by atoms with Crippen molar-refractivity contribution in [1.29, 1.82) is 0 Å². The highest BCUT2D eigenvalue weighted by Gasteiger charge is 2.05. The molecule has 134 valence electrons. The van der Waals surface area contributed by atoms with E-state index in [2.05, 4.69) is 0 Å². The highest BCUT2D eigenvalue weighted by molar-refractivity contribution is 7.86. The molecule has 0 spiro atoms. The van der Waals surface area contributed by atoms with Crippen molar-refractivity contribution >= 4 is 16.1 Å². The van der Waals surface area contributed by atoms with Gasteiger partial charge in [-0.3, -0.25) is 4.79 Å². The summed E-state index contributed by atoms with van der Waals surface area (Å²) in [5.41, 5.74) is 1.05. The molecule has 0 amide bonds. The minimum Gasteiger partial charge on any atom is -0.493 e. The van der Waals surface area contributed by atoms with E-state index in [0.717, 1.165) is 11.8 Å². The second-order valence-corrected chi connectivity index (χ2v) is 6.90. The molecule has 2 aromatic rings. The van der Waals surface area contributed by atoms with E-state index < -0.39 is 10.1 Å². The van der Waals surface area contributed by atoms with Gasteiger partial charge in [0.05, 0.1) is 12.9 Å². The smallest absolute Gasteiger partial charge is 0.310 e. The van der Waals surface area contributed by atoms with E-state index in [1.165, 1.54) is 12.1 Å². The van der Waals surface area contributed by atoms with Crippen LogP contribution in [0.25, 0.3) is 0 Å². The molecule has 25 heavy (non-hydrogen) atoms. The van der Waals surface area contributed by atoms with Crippen LogP contribution in [0.1, 0.15) is 18.9 Å². The van der Waals surface area contributed by atoms with Crippen molar-refractivity contribution in [2.45, 2.75) is 19.8 Å². The van der Waals surface area contributed by atoms with E-state index in [0.29, 0.717) is 30.9 Å². The molecule has 0 bridgehead atoms. The lowest BCUT2D eigenvalue weighted by atomic mass is 10.1. The first kappa shape index (κ1) is 18.8. The fourth-order valence-corrected chi connectivity index (χ4v) is 2.44. The molecule has 0 saturated carbocycles. The van der Waals surface area contributed by atoms with Crippen molar-refractivity contribution in [2.75, 3.05) is 12.9 Å². The van der Waals surface area contributed by atoms with E-state index in [1.54, 1.807) is 31.2 Å². The van der Waals surface area contributed by atoms with Gasteiger partial charge in [0.25, 0.3) is 0 Å². The molecule has 0 heterocycles. The number of esters is 1. The van der Waals surface area contributed by atoms with Crippen LogP contribution in [0.3, 0.4) is 0 Å². The second-order valence-electron chi connectivity index (χ2n) is 5.33. The first-order valence-corrected chi connectivity index (χ1v) is 9.59. The van der Waals surface area contributed by atoms with Crippen molar-refractivity contribution < 1.29 is 26.9 Å². The van der Waals surface area contributed by atoms with Gasteiger partial charge >= 0.3 is 16.1 Å². The van der Waals surface area contributed by atoms with Crippen LogP contribution in [0.5, 0.6) is 17.2 Å². The van der Waals surface area contributed by atoms with Crippen LogP contribution in [0, 0.1) is 0 Å². The monoisotopic (exact) mass is 364 g/mol. The molecule has 0 aliphatic carbocycles. The third kappa shape index (κ3) is 6.84. The van der Waals surface area contributed by atoms with Gasteiger partial charge in [0.1, 0.15) is 17.2 Å². The Morgan fingerprint density at radius 3 is 2.04 bits per heavy atom. The third-order valence-corrected chi connectivity index (χ3v) is 3.67. The number of rotatable bonds is 8. The Kier molecular flexibility index (Phi) is 6.41. The summed E-state index contributed by atoms with van der Waals surface area (Å²) in [5, 5.41) is 0. The molecule has 0 aliphatic rings. The van der Waals surface area contributed by atoms with Gasteiger partial charge in [-0.25, -0.2) is 0 Å². The molecular weight excluding hydrogens is 344 g/mol. The lowest BCUT2D eigenvalue weighted by Gasteiger charge is -2.08. The molecule has 0 aliphatic heterocycles. The molecule has 0 atom stereocenters. The zero-order valence-electron chi connectivity index (χ0n) is 14.1. The molecule has 6 nitrogen and oxygen atoms in total. The van der Waals surface area contributed by atoms with Crippen LogP contribution < -0.4 is 13.7 Å². The van der Waals surface area contributed by atoms with Crippen molar-refractivity contribution in [2.24, 2.45) is 0 Å². The summed E-state index contributed by atoms with van der Waals surface area (Å²) in [6.45, 7) is 2.20. The number of hydrogen-bond acceptors (Lipinski definition) is 6. The van der Waals surface area contributed by atoms with Crippen LogP contribution in [0.4, 0.5) is 0 Å². The Morgan fingerprint density at radius 1 is 0.920 bits per heavy atom. The highest BCUT2D eigenvalue weighted by Crippen LogP contribution is 2.19. The van der Waals surface area contributed by atoms with Gasteiger partial charge in [0, 0.05) is 12.8 Å². The van der Waals surface area contributed by atoms with Crippen LogP contribution in [-0.2, 0) is 21.3 Å². The van der Waals surface area contributed by atoms with Gasteiger partial charge in [-0.2, -0.15) is 8.42 Å². The number of hydrogen-bond donors (Lipinski definition) is 0. The Balaban J connectivity index is 1.81. The molecule has 2 rings (SSSR count). The van der Waals surface area contributed by atoms with E-state index in [9.17, 15) is 13.2 Å². The Bertz CT molecular complexity index is 794. The summed E-state index contributed by atoms with van der Waals surface area (Å²) in [6.07, 6.45) is 2.01. The predicted molar refractivity (Wildman–Crippen MR) is 93.5 cm³/mol. The van der Waals surface area contributed by atoms with E-state index >= 15 is 0 Å². The minimum absolute atomic E-state index is 0.243. The minimum atomic E-state index is -3.53. The van der Waals surface area contributed by atoms with E-state index in [4.69, 9.17) is 13.7 Å². The summed E-state index contributed by atoms with van der Waals surface area (Å²) >= 11 is 0. The molecular formula is C18H20O6S. The van der Waals surface area contributed by atoms with E-state index in [1.807, 2.05) is 12.1 Å². The predicted octanol–water partition coefficient (Wildman–Crippen LogP) is 2.96. The Morgan fingerprint density at radius 2 is 1.48 bits per heavy atom. The topological polar surface area (TPSA) is 78.9 Å². The maximum atomic E-state index is 11.2. The fourth-order valence-electron chi connectivity index (χ4n) is 1.98. The van der Waals surface area contributed by atoms with Crippen molar-refractivity contribution in [3.05, 3.63) is 54.1 Å². The van der Waals surface area contributed by atoms with Crippen molar-refractivity contribution in [3.63, 3.8) is 0 Å². The second kappa shape index (κ2) is 8.53. The van der Waals surface area contributed by atoms with Gasteiger partial charge < -0.3 is 13.7 Å². The maximum absolute atomic E-state index is 11.2. The summed E-state index contributed by atoms with van der Waals surface area (Å²) in [5.74, 6) is 1.12. The summed E-state index contributed by atoms with van der Waals surface area (Å²) in [4.78, 5) is 11.2. The van der Waals surface area contributed by atoms with Crippen molar-refractivity contribution in [1.82, 2.24) is 0 Å². The van der Waals surface area contributed by atoms with E-state index in [-0.39, 0.29) is 11.7 Å². The number of carbonyl (C=O) groups excluding carboxylic acids is 1. The maximum Gasteiger partial charge on any atom is 0.310 e. The quantitative estimate of drug-likeness (QED) is 0.407. The molecule has 2 aromatic carbocycles. The van der Waals surface area contributed by atoms with Crippen LogP contribution in [-0.4, -0.2) is 27.2 Å². The average Bonchev–Trinajstić information content (AvgIpc) is 2.56. The normalized spacial score (nSPS) is 11.0. The van der Waals surface area contributed by atoms with Gasteiger partial charge in [-0.1, -0.05) is 19.1 Å². The Hall–Kier alpha value is -2.54. The molecule has 7 heteroatoms. The van der Waals surface area contributed by atoms with Gasteiger partial charge in [-0.05, 0) is 42.0 Å². The number of benzene rings is 2. The zero-order valence-corrected chi connectivity index (χ0v) is 14.9. The number of ether oxygens (including phenoxy) is 2. The number of carbonyl (C=O) groups is 1. The zero-order chi connectivity index (χ0) is 18.3. The first-order valence-electron chi connectivity index (χ1n) is 7.77. The summed E-state index contributed by atoms with van der Waals surface area (Å²) < 4.78 is 37.6. The highest BCUT2D eigenvalue weighted by atomic mass is 32.2. The first-order chi connectivity index (χ1) is 11.9. The van der Waals surface area contributed by atoms with Crippen LogP contribution >= 0.6 is 0 Å². The van der Waals surface area contributed by atoms with Crippen LogP contribution in [0.2, 0.25) is 0 Å². The molecule has 0 N–H and O–H groups in total. The summed E-state index contributed by atoms with van der Waals surface area (Å²) in [6, 6.07) is 13.6. The van der Waals surface area contributed by atoms with Crippen molar-refractivity contribution in [3.8, 4) is 17.2 Å². The summed E-state index contributed by atoms with van der Waals surface area (Å²) in [7, 11) is -3.53. The Labute approximate surface area is 147 Å². The molecule has 0 fully saturated rings. The fraction of sp³-hybridized carbons (Fsp3) is 0.278. The van der Waals surface area contributed by atoms with Gasteiger partial charge in [0.15, 0.2) is 0 Å². The largest absolute Gasteiger partial charge is 0.493 e.